The number of hydrogen-bond acceptors (Lipinski definition) is 7. The molecular weight excluding hydrogens is 470 g/mol. The highest BCUT2D eigenvalue weighted by Crippen LogP contribution is 2.31. The summed E-state index contributed by atoms with van der Waals surface area (Å²) >= 11 is 0. The fraction of sp³-hybridized carbons (Fsp3) is 0.233. The first kappa shape index (κ1) is 25.7. The molecule has 0 radical (unpaired) electrons. The Morgan fingerprint density at radius 3 is 2.30 bits per heavy atom. The predicted molar refractivity (Wildman–Crippen MR) is 141 cm³/mol. The Kier molecular flexibility index (Phi) is 7.43. The minimum Gasteiger partial charge on any atom is -0.494 e. The van der Waals surface area contributed by atoms with E-state index in [9.17, 15) is 9.59 Å². The second-order valence-electron chi connectivity index (χ2n) is 9.42. The quantitative estimate of drug-likeness (QED) is 0.227. The van der Waals surface area contributed by atoms with Crippen LogP contribution < -0.4 is 14.2 Å². The van der Waals surface area contributed by atoms with Gasteiger partial charge in [0.15, 0.2) is 17.2 Å². The number of aliphatic imine (C=N–C) groups is 1. The lowest BCUT2D eigenvalue weighted by atomic mass is 9.87. The number of ether oxygens (including phenoxy) is 4. The van der Waals surface area contributed by atoms with E-state index >= 15 is 0 Å². The number of esters is 2. The number of cyclic esters (lactones) is 1. The summed E-state index contributed by atoms with van der Waals surface area (Å²) in [5, 5.41) is 0. The number of carbonyl (C=O) groups is 2. The zero-order valence-electron chi connectivity index (χ0n) is 21.5. The van der Waals surface area contributed by atoms with Gasteiger partial charge in [0.1, 0.15) is 5.75 Å². The van der Waals surface area contributed by atoms with E-state index in [2.05, 4.69) is 25.8 Å². The molecule has 0 atom stereocenters. The summed E-state index contributed by atoms with van der Waals surface area (Å²) in [6, 6.07) is 19.5. The first-order chi connectivity index (χ1) is 17.7. The molecule has 190 valence electrons. The summed E-state index contributed by atoms with van der Waals surface area (Å²) in [4.78, 5) is 29.5. The molecule has 0 aromatic heterocycles. The smallest absolute Gasteiger partial charge is 0.363 e. The Labute approximate surface area is 216 Å². The van der Waals surface area contributed by atoms with Crippen molar-refractivity contribution in [2.24, 2.45) is 4.99 Å². The van der Waals surface area contributed by atoms with E-state index in [0.717, 1.165) is 11.3 Å². The van der Waals surface area contributed by atoms with Crippen LogP contribution in [-0.2, 0) is 14.9 Å². The van der Waals surface area contributed by atoms with E-state index in [1.807, 2.05) is 19.1 Å². The summed E-state index contributed by atoms with van der Waals surface area (Å²) in [5.74, 6) is 0.500. The molecular formula is C30H29NO6. The van der Waals surface area contributed by atoms with Gasteiger partial charge < -0.3 is 18.9 Å². The third-order valence-electron chi connectivity index (χ3n) is 5.71. The van der Waals surface area contributed by atoms with Crippen LogP contribution in [0.4, 0.5) is 0 Å². The maximum Gasteiger partial charge on any atom is 0.363 e. The number of carbonyl (C=O) groups excluding carboxylic acids is 2. The van der Waals surface area contributed by atoms with Crippen LogP contribution in [0.3, 0.4) is 0 Å². The summed E-state index contributed by atoms with van der Waals surface area (Å²) in [6.45, 7) is 8.80. The van der Waals surface area contributed by atoms with Crippen LogP contribution >= 0.6 is 0 Å². The van der Waals surface area contributed by atoms with Crippen LogP contribution in [0.1, 0.15) is 54.7 Å². The maximum atomic E-state index is 12.7. The highest BCUT2D eigenvalue weighted by Gasteiger charge is 2.24. The lowest BCUT2D eigenvalue weighted by molar-refractivity contribution is -0.129. The van der Waals surface area contributed by atoms with Gasteiger partial charge in [0.05, 0.1) is 19.3 Å². The minimum absolute atomic E-state index is 0.0131. The van der Waals surface area contributed by atoms with Crippen LogP contribution in [0.5, 0.6) is 17.2 Å². The predicted octanol–water partition coefficient (Wildman–Crippen LogP) is 5.96. The molecule has 1 aliphatic rings. The van der Waals surface area contributed by atoms with Crippen molar-refractivity contribution in [1.82, 2.24) is 0 Å². The van der Waals surface area contributed by atoms with Crippen molar-refractivity contribution < 1.29 is 28.5 Å². The van der Waals surface area contributed by atoms with E-state index in [1.54, 1.807) is 60.7 Å². The molecule has 0 saturated heterocycles. The number of rotatable bonds is 7. The average Bonchev–Trinajstić information content (AvgIpc) is 3.25. The molecule has 0 unspecified atom stereocenters. The molecule has 3 aromatic rings. The zero-order chi connectivity index (χ0) is 26.6. The van der Waals surface area contributed by atoms with Crippen LogP contribution in [0.15, 0.2) is 77.4 Å². The van der Waals surface area contributed by atoms with E-state index in [4.69, 9.17) is 18.9 Å². The van der Waals surface area contributed by atoms with Crippen molar-refractivity contribution in [3.63, 3.8) is 0 Å². The zero-order valence-corrected chi connectivity index (χ0v) is 21.5. The van der Waals surface area contributed by atoms with Crippen LogP contribution in [0, 0.1) is 0 Å². The molecule has 37 heavy (non-hydrogen) atoms. The Balaban J connectivity index is 1.51. The summed E-state index contributed by atoms with van der Waals surface area (Å²) < 4.78 is 21.8. The van der Waals surface area contributed by atoms with Gasteiger partial charge >= 0.3 is 11.9 Å². The largest absolute Gasteiger partial charge is 0.494 e. The standard InChI is InChI=1S/C30H29NO6/c1-6-35-23-14-10-20(11-15-23)27-31-24(29(33)37-27)17-19-7-16-25(26(18-19)34-5)36-28(32)21-8-12-22(13-9-21)30(2,3)4/h7-18H,6H2,1-5H3/b24-17-. The van der Waals surface area contributed by atoms with Crippen molar-refractivity contribution >= 4 is 23.9 Å². The van der Waals surface area contributed by atoms with E-state index < -0.39 is 11.9 Å². The van der Waals surface area contributed by atoms with Gasteiger partial charge in [0, 0.05) is 5.56 Å². The van der Waals surface area contributed by atoms with Crippen LogP contribution in [-0.4, -0.2) is 31.6 Å². The molecule has 7 nitrogen and oxygen atoms in total. The van der Waals surface area contributed by atoms with Gasteiger partial charge in [0.25, 0.3) is 0 Å². The highest BCUT2D eigenvalue weighted by molar-refractivity contribution is 6.12. The SMILES string of the molecule is CCOc1ccc(C2=N/C(=C\c3ccc(OC(=O)c4ccc(C(C)(C)C)cc4)c(OC)c3)C(=O)O2)cc1. The highest BCUT2D eigenvalue weighted by atomic mass is 16.6. The molecule has 0 saturated carbocycles. The Hall–Kier alpha value is -4.39. The topological polar surface area (TPSA) is 83.4 Å². The molecule has 7 heteroatoms. The molecule has 0 spiro atoms. The number of methoxy groups -OCH3 is 1. The van der Waals surface area contributed by atoms with Gasteiger partial charge in [-0.15, -0.1) is 0 Å². The Morgan fingerprint density at radius 1 is 0.973 bits per heavy atom. The van der Waals surface area contributed by atoms with Gasteiger partial charge in [-0.3, -0.25) is 0 Å². The molecule has 0 aliphatic carbocycles. The normalized spacial score (nSPS) is 14.2. The minimum atomic E-state index is -0.558. The van der Waals surface area contributed by atoms with Crippen molar-refractivity contribution in [3.8, 4) is 17.2 Å². The molecule has 1 aliphatic heterocycles. The summed E-state index contributed by atoms with van der Waals surface area (Å²) in [6.07, 6.45) is 1.59. The third kappa shape index (κ3) is 6.06. The van der Waals surface area contributed by atoms with Gasteiger partial charge in [-0.1, -0.05) is 39.0 Å². The second-order valence-corrected chi connectivity index (χ2v) is 9.42. The van der Waals surface area contributed by atoms with Gasteiger partial charge in [0.2, 0.25) is 5.90 Å². The number of nitrogens with zero attached hydrogens (tertiary/aromatic N) is 1. The fourth-order valence-electron chi connectivity index (χ4n) is 3.67. The van der Waals surface area contributed by atoms with Crippen molar-refractivity contribution in [2.45, 2.75) is 33.1 Å². The van der Waals surface area contributed by atoms with Crippen LogP contribution in [0.25, 0.3) is 6.08 Å². The summed E-state index contributed by atoms with van der Waals surface area (Å²) in [7, 11) is 1.48. The molecule has 0 fully saturated rings. The number of benzene rings is 3. The van der Waals surface area contributed by atoms with Gasteiger partial charge in [-0.25, -0.2) is 14.6 Å². The van der Waals surface area contributed by atoms with Crippen molar-refractivity contribution in [1.29, 1.82) is 0 Å². The third-order valence-corrected chi connectivity index (χ3v) is 5.71. The van der Waals surface area contributed by atoms with Gasteiger partial charge in [-0.05, 0) is 78.1 Å². The average molecular weight is 500 g/mol. The lowest BCUT2D eigenvalue weighted by Crippen LogP contribution is -2.13. The first-order valence-corrected chi connectivity index (χ1v) is 11.9. The molecule has 0 N–H and O–H groups in total. The Bertz CT molecular complexity index is 1360. The lowest BCUT2D eigenvalue weighted by Gasteiger charge is -2.19. The summed E-state index contributed by atoms with van der Waals surface area (Å²) in [5.41, 5.74) is 2.99. The molecule has 0 bridgehead atoms. The van der Waals surface area contributed by atoms with Crippen LogP contribution in [0.2, 0.25) is 0 Å². The number of hydrogen-bond donors (Lipinski definition) is 0. The van der Waals surface area contributed by atoms with Crippen molar-refractivity contribution in [2.75, 3.05) is 13.7 Å². The molecule has 4 rings (SSSR count). The monoisotopic (exact) mass is 499 g/mol. The van der Waals surface area contributed by atoms with Crippen molar-refractivity contribution in [3.05, 3.63) is 94.7 Å². The molecule has 0 amide bonds. The second kappa shape index (κ2) is 10.7. The molecule has 1 heterocycles. The maximum absolute atomic E-state index is 12.7. The Morgan fingerprint density at radius 2 is 1.68 bits per heavy atom. The molecule has 3 aromatic carbocycles. The first-order valence-electron chi connectivity index (χ1n) is 11.9. The van der Waals surface area contributed by atoms with E-state index in [0.29, 0.717) is 29.0 Å². The van der Waals surface area contributed by atoms with Gasteiger partial charge in [-0.2, -0.15) is 0 Å². The van der Waals surface area contributed by atoms with E-state index in [-0.39, 0.29) is 22.8 Å². The fourth-order valence-corrected chi connectivity index (χ4v) is 3.67. The van der Waals surface area contributed by atoms with E-state index in [1.165, 1.54) is 7.11 Å².